The van der Waals surface area contributed by atoms with Gasteiger partial charge in [-0.3, -0.25) is 0 Å². The Morgan fingerprint density at radius 2 is 2.20 bits per heavy atom. The van der Waals surface area contributed by atoms with Crippen LogP contribution in [0.2, 0.25) is 0 Å². The highest BCUT2D eigenvalue weighted by Crippen LogP contribution is 2.17. The van der Waals surface area contributed by atoms with E-state index in [0.29, 0.717) is 13.2 Å². The fourth-order valence-electron chi connectivity index (χ4n) is 1.85. The fraction of sp³-hybridized carbons (Fsp3) is 0.545. The number of esters is 1. The van der Waals surface area contributed by atoms with Crippen LogP contribution in [-0.2, 0) is 9.47 Å². The molecule has 0 radical (unpaired) electrons. The molecule has 108 valence electrons. The number of hydrogen-bond donors (Lipinski definition) is 1. The van der Waals surface area contributed by atoms with E-state index in [2.05, 4.69) is 20.0 Å². The van der Waals surface area contributed by atoms with Gasteiger partial charge in [0.15, 0.2) is 0 Å². The summed E-state index contributed by atoms with van der Waals surface area (Å²) in [6.07, 6.45) is 1.54. The number of nitro groups is 1. The molecule has 0 spiro atoms. The molecule has 0 aromatic carbocycles. The predicted octanol–water partition coefficient (Wildman–Crippen LogP) is 0.762. The lowest BCUT2D eigenvalue weighted by atomic mass is 10.1. The van der Waals surface area contributed by atoms with Gasteiger partial charge in [-0.05, 0) is 22.7 Å². The van der Waals surface area contributed by atoms with Crippen LogP contribution in [0.15, 0.2) is 6.07 Å². The molecule has 1 N–H and O–H groups in total. The second kappa shape index (κ2) is 6.24. The van der Waals surface area contributed by atoms with Crippen molar-refractivity contribution in [3.63, 3.8) is 0 Å². The lowest BCUT2D eigenvalue weighted by Crippen LogP contribution is -2.28. The van der Waals surface area contributed by atoms with Crippen molar-refractivity contribution < 1.29 is 19.2 Å². The van der Waals surface area contributed by atoms with Gasteiger partial charge in [0.25, 0.3) is 0 Å². The zero-order valence-corrected chi connectivity index (χ0v) is 10.9. The van der Waals surface area contributed by atoms with Crippen LogP contribution in [0.25, 0.3) is 0 Å². The normalized spacial score (nSPS) is 15.7. The lowest BCUT2D eigenvalue weighted by Gasteiger charge is -2.22. The summed E-state index contributed by atoms with van der Waals surface area (Å²) in [7, 11) is 1.18. The van der Waals surface area contributed by atoms with Crippen molar-refractivity contribution in [1.82, 2.24) is 9.97 Å². The van der Waals surface area contributed by atoms with E-state index in [9.17, 15) is 14.9 Å². The van der Waals surface area contributed by atoms with Gasteiger partial charge in [0, 0.05) is 25.3 Å². The molecule has 0 saturated carbocycles. The molecule has 1 aromatic heterocycles. The maximum Gasteiger partial charge on any atom is 0.471 e. The van der Waals surface area contributed by atoms with E-state index >= 15 is 0 Å². The number of nitrogens with one attached hydrogen (secondary N) is 1. The van der Waals surface area contributed by atoms with Gasteiger partial charge in [-0.1, -0.05) is 4.98 Å². The molecule has 1 saturated heterocycles. The molecule has 9 heteroatoms. The van der Waals surface area contributed by atoms with Gasteiger partial charge in [-0.2, -0.15) is 0 Å². The topological polar surface area (TPSA) is 116 Å². The largest absolute Gasteiger partial charge is 0.471 e. The Balaban J connectivity index is 2.23. The molecule has 0 unspecified atom stereocenters. The van der Waals surface area contributed by atoms with Crippen molar-refractivity contribution in [3.8, 4) is 0 Å². The first-order valence-corrected chi connectivity index (χ1v) is 6.06. The van der Waals surface area contributed by atoms with Gasteiger partial charge in [-0.25, -0.2) is 4.79 Å². The number of anilines is 1. The first-order chi connectivity index (χ1) is 9.60. The van der Waals surface area contributed by atoms with E-state index in [0.717, 1.165) is 12.8 Å². The molecular formula is C11H14N4O5. The van der Waals surface area contributed by atoms with Crippen LogP contribution < -0.4 is 5.32 Å². The maximum atomic E-state index is 11.4. The highest BCUT2D eigenvalue weighted by atomic mass is 16.6. The number of hydrogen-bond acceptors (Lipinski definition) is 8. The van der Waals surface area contributed by atoms with Crippen LogP contribution in [0.1, 0.15) is 23.3 Å². The fourth-order valence-corrected chi connectivity index (χ4v) is 1.85. The Hall–Kier alpha value is -2.29. The van der Waals surface area contributed by atoms with Crippen LogP contribution in [0.3, 0.4) is 0 Å². The standard InChI is InChI=1S/C11H14N4O5/c1-19-10(16)8-6-9(14-11(13-8)15(17)18)12-7-2-4-20-5-3-7/h6-7H,2-5H2,1H3,(H,12,13,14). The van der Waals surface area contributed by atoms with Crippen LogP contribution in [0, 0.1) is 10.1 Å². The molecule has 2 rings (SSSR count). The monoisotopic (exact) mass is 282 g/mol. The summed E-state index contributed by atoms with van der Waals surface area (Å²) in [4.78, 5) is 28.8. The highest BCUT2D eigenvalue weighted by Gasteiger charge is 2.23. The Bertz CT molecular complexity index is 516. The minimum Gasteiger partial charge on any atom is -0.463 e. The van der Waals surface area contributed by atoms with Crippen LogP contribution in [0.4, 0.5) is 11.8 Å². The Kier molecular flexibility index (Phi) is 4.41. The van der Waals surface area contributed by atoms with E-state index in [1.807, 2.05) is 0 Å². The Morgan fingerprint density at radius 1 is 1.50 bits per heavy atom. The predicted molar refractivity (Wildman–Crippen MR) is 67.5 cm³/mol. The van der Waals surface area contributed by atoms with Gasteiger partial charge in [-0.15, -0.1) is 0 Å². The number of aromatic nitrogens is 2. The lowest BCUT2D eigenvalue weighted by molar-refractivity contribution is -0.394. The molecule has 0 bridgehead atoms. The number of rotatable bonds is 4. The average molecular weight is 282 g/mol. The quantitative estimate of drug-likeness (QED) is 0.488. The summed E-state index contributed by atoms with van der Waals surface area (Å²) in [5.41, 5.74) is -0.149. The number of methoxy groups -OCH3 is 1. The molecule has 20 heavy (non-hydrogen) atoms. The third-order valence-electron chi connectivity index (χ3n) is 2.85. The van der Waals surface area contributed by atoms with E-state index in [-0.39, 0.29) is 17.6 Å². The van der Waals surface area contributed by atoms with Crippen molar-refractivity contribution in [3.05, 3.63) is 21.9 Å². The average Bonchev–Trinajstić information content (AvgIpc) is 2.47. The molecule has 9 nitrogen and oxygen atoms in total. The van der Waals surface area contributed by atoms with E-state index in [1.54, 1.807) is 0 Å². The van der Waals surface area contributed by atoms with E-state index < -0.39 is 16.8 Å². The van der Waals surface area contributed by atoms with E-state index in [4.69, 9.17) is 4.74 Å². The molecule has 1 aliphatic heterocycles. The molecule has 2 heterocycles. The van der Waals surface area contributed by atoms with Crippen LogP contribution in [-0.4, -0.2) is 47.2 Å². The molecule has 0 amide bonds. The smallest absolute Gasteiger partial charge is 0.463 e. The van der Waals surface area contributed by atoms with Crippen LogP contribution in [0.5, 0.6) is 0 Å². The molecule has 1 aromatic rings. The second-order valence-electron chi connectivity index (χ2n) is 4.22. The molecular weight excluding hydrogens is 268 g/mol. The minimum absolute atomic E-state index is 0.101. The number of carbonyl (C=O) groups excluding carboxylic acids is 1. The summed E-state index contributed by atoms with van der Waals surface area (Å²) in [5.74, 6) is -1.15. The first kappa shape index (κ1) is 14.1. The molecule has 0 atom stereocenters. The SMILES string of the molecule is COC(=O)c1cc(NC2CCOCC2)nc([N+](=O)[O-])n1. The van der Waals surface area contributed by atoms with Gasteiger partial charge >= 0.3 is 11.9 Å². The zero-order valence-electron chi connectivity index (χ0n) is 10.9. The van der Waals surface area contributed by atoms with Gasteiger partial charge in [0.2, 0.25) is 11.5 Å². The first-order valence-electron chi connectivity index (χ1n) is 6.06. The van der Waals surface area contributed by atoms with Crippen molar-refractivity contribution >= 4 is 17.7 Å². The summed E-state index contributed by atoms with van der Waals surface area (Å²) in [5, 5.41) is 13.8. The number of nitrogens with zero attached hydrogens (tertiary/aromatic N) is 3. The van der Waals surface area contributed by atoms with Crippen LogP contribution >= 0.6 is 0 Å². The molecule has 0 aliphatic carbocycles. The third kappa shape index (κ3) is 3.38. The van der Waals surface area contributed by atoms with Crippen molar-refractivity contribution in [1.29, 1.82) is 0 Å². The second-order valence-corrected chi connectivity index (χ2v) is 4.22. The minimum atomic E-state index is -0.748. The van der Waals surface area contributed by atoms with Crippen molar-refractivity contribution in [2.75, 3.05) is 25.6 Å². The molecule has 1 aliphatic rings. The highest BCUT2D eigenvalue weighted by molar-refractivity contribution is 5.88. The van der Waals surface area contributed by atoms with Gasteiger partial charge < -0.3 is 24.9 Å². The summed E-state index contributed by atoms with van der Waals surface area (Å²) >= 11 is 0. The van der Waals surface area contributed by atoms with Gasteiger partial charge in [0.1, 0.15) is 0 Å². The number of ether oxygens (including phenoxy) is 2. The van der Waals surface area contributed by atoms with E-state index in [1.165, 1.54) is 13.2 Å². The number of carbonyl (C=O) groups is 1. The van der Waals surface area contributed by atoms with Gasteiger partial charge in [0.05, 0.1) is 7.11 Å². The van der Waals surface area contributed by atoms with Crippen molar-refractivity contribution in [2.24, 2.45) is 0 Å². The molecule has 1 fully saturated rings. The Labute approximate surface area is 114 Å². The Morgan fingerprint density at radius 3 is 2.80 bits per heavy atom. The maximum absolute atomic E-state index is 11.4. The summed E-state index contributed by atoms with van der Waals surface area (Å²) in [6.45, 7) is 1.24. The third-order valence-corrected chi connectivity index (χ3v) is 2.85. The van der Waals surface area contributed by atoms with Crippen molar-refractivity contribution in [2.45, 2.75) is 18.9 Å². The summed E-state index contributed by atoms with van der Waals surface area (Å²) < 4.78 is 9.74. The summed E-state index contributed by atoms with van der Waals surface area (Å²) in [6, 6.07) is 1.44. The zero-order chi connectivity index (χ0) is 14.5.